The molecule has 2 rings (SSSR count). The maximum Gasteiger partial charge on any atom is 0.348 e. The minimum absolute atomic E-state index is 0.0865. The lowest BCUT2D eigenvalue weighted by molar-refractivity contribution is -0.118. The Kier molecular flexibility index (Phi) is 7.20. The number of rotatable bonds is 8. The number of carbonyl (C=O) groups excluding carboxylic acids is 1. The van der Waals surface area contributed by atoms with Crippen LogP contribution in [0.2, 0.25) is 0 Å². The van der Waals surface area contributed by atoms with Crippen LogP contribution < -0.4 is 4.90 Å². The number of anilines is 1. The first kappa shape index (κ1) is 19.7. The van der Waals surface area contributed by atoms with Gasteiger partial charge in [-0.05, 0) is 45.1 Å². The standard InChI is InChI=1S/C19H27NO4S/c1-3-17(22)20(11-7-8-13(2)21)15-12-16(25-18(15)19(23)24)14-9-5-4-6-10-14/h5,9,12-14,21H,3-4,6-8,10-11H2,1-2H3,(H,23,24). The van der Waals surface area contributed by atoms with E-state index in [1.807, 2.05) is 6.07 Å². The molecule has 0 saturated heterocycles. The predicted octanol–water partition coefficient (Wildman–Crippen LogP) is 4.17. The zero-order valence-electron chi connectivity index (χ0n) is 14.9. The normalized spacial score (nSPS) is 18.1. The molecule has 0 aromatic carbocycles. The van der Waals surface area contributed by atoms with Gasteiger partial charge in [0.1, 0.15) is 4.88 Å². The van der Waals surface area contributed by atoms with E-state index in [0.717, 1.165) is 24.1 Å². The predicted molar refractivity (Wildman–Crippen MR) is 101 cm³/mol. The molecule has 138 valence electrons. The summed E-state index contributed by atoms with van der Waals surface area (Å²) in [6.07, 6.45) is 8.58. The molecule has 2 N–H and O–H groups in total. The number of amides is 1. The van der Waals surface area contributed by atoms with Gasteiger partial charge in [0, 0.05) is 23.8 Å². The van der Waals surface area contributed by atoms with Crippen molar-refractivity contribution in [3.63, 3.8) is 0 Å². The van der Waals surface area contributed by atoms with Gasteiger partial charge in [0.2, 0.25) is 5.91 Å². The Hall–Kier alpha value is -1.66. The van der Waals surface area contributed by atoms with Crippen LogP contribution in [-0.4, -0.2) is 34.7 Å². The Bertz CT molecular complexity index is 635. The average molecular weight is 365 g/mol. The van der Waals surface area contributed by atoms with E-state index in [0.29, 0.717) is 31.5 Å². The molecule has 1 aliphatic carbocycles. The van der Waals surface area contributed by atoms with Crippen LogP contribution in [0.3, 0.4) is 0 Å². The van der Waals surface area contributed by atoms with E-state index in [9.17, 15) is 19.8 Å². The molecular formula is C19H27NO4S. The molecule has 1 amide bonds. The molecule has 1 aliphatic rings. The van der Waals surface area contributed by atoms with Crippen LogP contribution in [0.15, 0.2) is 18.2 Å². The van der Waals surface area contributed by atoms with Gasteiger partial charge < -0.3 is 15.1 Å². The molecule has 0 aliphatic heterocycles. The number of hydrogen-bond acceptors (Lipinski definition) is 4. The number of carboxylic acids is 1. The lowest BCUT2D eigenvalue weighted by Gasteiger charge is -2.22. The van der Waals surface area contributed by atoms with E-state index in [-0.39, 0.29) is 16.7 Å². The first-order chi connectivity index (χ1) is 11.9. The lowest BCUT2D eigenvalue weighted by Crippen LogP contribution is -2.32. The summed E-state index contributed by atoms with van der Waals surface area (Å²) in [5.41, 5.74) is 0.504. The first-order valence-corrected chi connectivity index (χ1v) is 9.77. The van der Waals surface area contributed by atoms with E-state index in [2.05, 4.69) is 12.2 Å². The van der Waals surface area contributed by atoms with Crippen molar-refractivity contribution in [2.45, 2.75) is 64.4 Å². The van der Waals surface area contributed by atoms with Crippen molar-refractivity contribution in [2.24, 2.45) is 0 Å². The summed E-state index contributed by atoms with van der Waals surface area (Å²) >= 11 is 1.28. The van der Waals surface area contributed by atoms with Crippen molar-refractivity contribution in [2.75, 3.05) is 11.4 Å². The fourth-order valence-corrected chi connectivity index (χ4v) is 4.22. The summed E-state index contributed by atoms with van der Waals surface area (Å²) in [5, 5.41) is 19.1. The Morgan fingerprint density at radius 1 is 1.44 bits per heavy atom. The average Bonchev–Trinajstić information content (AvgIpc) is 3.04. The minimum atomic E-state index is -0.990. The number of aliphatic hydroxyl groups excluding tert-OH is 1. The highest BCUT2D eigenvalue weighted by atomic mass is 32.1. The number of nitrogens with zero attached hydrogens (tertiary/aromatic N) is 1. The van der Waals surface area contributed by atoms with Gasteiger partial charge in [0.05, 0.1) is 11.8 Å². The molecule has 6 heteroatoms. The van der Waals surface area contributed by atoms with Gasteiger partial charge in [0.25, 0.3) is 0 Å². The Balaban J connectivity index is 2.31. The van der Waals surface area contributed by atoms with Crippen LogP contribution in [0.5, 0.6) is 0 Å². The topological polar surface area (TPSA) is 77.8 Å². The van der Waals surface area contributed by atoms with E-state index < -0.39 is 12.1 Å². The monoisotopic (exact) mass is 365 g/mol. The zero-order valence-corrected chi connectivity index (χ0v) is 15.7. The van der Waals surface area contributed by atoms with Gasteiger partial charge in [0.15, 0.2) is 0 Å². The molecule has 2 atom stereocenters. The first-order valence-electron chi connectivity index (χ1n) is 8.96. The van der Waals surface area contributed by atoms with Crippen LogP contribution in [0.1, 0.15) is 72.8 Å². The summed E-state index contributed by atoms with van der Waals surface area (Å²) in [4.78, 5) is 27.0. The summed E-state index contributed by atoms with van der Waals surface area (Å²) in [5.74, 6) is -0.839. The summed E-state index contributed by atoms with van der Waals surface area (Å²) in [7, 11) is 0. The van der Waals surface area contributed by atoms with Crippen LogP contribution in [-0.2, 0) is 4.79 Å². The Morgan fingerprint density at radius 3 is 2.76 bits per heavy atom. The second-order valence-corrected chi connectivity index (χ2v) is 7.61. The van der Waals surface area contributed by atoms with Gasteiger partial charge in [-0.25, -0.2) is 4.79 Å². The zero-order chi connectivity index (χ0) is 18.4. The highest BCUT2D eigenvalue weighted by molar-refractivity contribution is 7.14. The van der Waals surface area contributed by atoms with Crippen LogP contribution in [0.4, 0.5) is 5.69 Å². The minimum Gasteiger partial charge on any atom is -0.477 e. The van der Waals surface area contributed by atoms with Gasteiger partial charge >= 0.3 is 5.97 Å². The maximum absolute atomic E-state index is 12.4. The van der Waals surface area contributed by atoms with Gasteiger partial charge in [-0.15, -0.1) is 11.3 Å². The number of thiophene rings is 1. The second-order valence-electron chi connectivity index (χ2n) is 6.52. The molecule has 5 nitrogen and oxygen atoms in total. The smallest absolute Gasteiger partial charge is 0.348 e. The van der Waals surface area contributed by atoms with Crippen molar-refractivity contribution in [3.05, 3.63) is 28.0 Å². The van der Waals surface area contributed by atoms with Gasteiger partial charge in [-0.2, -0.15) is 0 Å². The van der Waals surface area contributed by atoms with Gasteiger partial charge in [-0.1, -0.05) is 19.1 Å². The third-order valence-electron chi connectivity index (χ3n) is 4.44. The fourth-order valence-electron chi connectivity index (χ4n) is 3.10. The lowest BCUT2D eigenvalue weighted by atomic mass is 9.94. The van der Waals surface area contributed by atoms with Crippen LogP contribution >= 0.6 is 11.3 Å². The maximum atomic E-state index is 12.4. The number of aliphatic hydroxyl groups is 1. The van der Waals surface area contributed by atoms with E-state index >= 15 is 0 Å². The molecule has 0 fully saturated rings. The largest absolute Gasteiger partial charge is 0.477 e. The van der Waals surface area contributed by atoms with Crippen LogP contribution in [0.25, 0.3) is 0 Å². The van der Waals surface area contributed by atoms with Crippen molar-refractivity contribution < 1.29 is 19.8 Å². The molecular weight excluding hydrogens is 338 g/mol. The number of allylic oxidation sites excluding steroid dienone is 2. The van der Waals surface area contributed by atoms with Crippen molar-refractivity contribution in [1.29, 1.82) is 0 Å². The molecule has 0 spiro atoms. The van der Waals surface area contributed by atoms with Crippen molar-refractivity contribution >= 4 is 28.9 Å². The molecule has 1 heterocycles. The second kappa shape index (κ2) is 9.15. The number of carbonyl (C=O) groups is 2. The quantitative estimate of drug-likeness (QED) is 0.678. The number of aromatic carboxylic acids is 1. The molecule has 0 radical (unpaired) electrons. The summed E-state index contributed by atoms with van der Waals surface area (Å²) < 4.78 is 0. The molecule has 2 unspecified atom stereocenters. The molecule has 25 heavy (non-hydrogen) atoms. The van der Waals surface area contributed by atoms with Crippen molar-refractivity contribution in [1.82, 2.24) is 0 Å². The van der Waals surface area contributed by atoms with E-state index in [4.69, 9.17) is 0 Å². The van der Waals surface area contributed by atoms with Crippen LogP contribution in [0, 0.1) is 0 Å². The highest BCUT2D eigenvalue weighted by Gasteiger charge is 2.26. The Morgan fingerprint density at radius 2 is 2.20 bits per heavy atom. The third-order valence-corrected chi connectivity index (χ3v) is 5.69. The van der Waals surface area contributed by atoms with E-state index in [1.54, 1.807) is 18.7 Å². The summed E-state index contributed by atoms with van der Waals surface area (Å²) in [6, 6.07) is 1.88. The SMILES string of the molecule is CCC(=O)N(CCCC(C)O)c1cc(C2C=CCCC2)sc1C(=O)O. The number of hydrogen-bond donors (Lipinski definition) is 2. The fraction of sp³-hybridized carbons (Fsp3) is 0.579. The highest BCUT2D eigenvalue weighted by Crippen LogP contribution is 2.39. The molecule has 0 bridgehead atoms. The summed E-state index contributed by atoms with van der Waals surface area (Å²) in [6.45, 7) is 3.92. The Labute approximate surface area is 153 Å². The van der Waals surface area contributed by atoms with Crippen molar-refractivity contribution in [3.8, 4) is 0 Å². The third kappa shape index (κ3) is 5.16. The van der Waals surface area contributed by atoms with Gasteiger partial charge in [-0.3, -0.25) is 4.79 Å². The molecule has 1 aromatic rings. The molecule has 0 saturated carbocycles. The molecule has 1 aromatic heterocycles. The van der Waals surface area contributed by atoms with E-state index in [1.165, 1.54) is 11.3 Å². The number of carboxylic acid groups (broad SMARTS) is 1.